The lowest BCUT2D eigenvalue weighted by Crippen LogP contribution is -2.48. The zero-order valence-electron chi connectivity index (χ0n) is 24.8. The molecule has 4 aromatic rings. The van der Waals surface area contributed by atoms with E-state index in [0.29, 0.717) is 40.2 Å². The van der Waals surface area contributed by atoms with E-state index in [4.69, 9.17) is 5.73 Å². The molecule has 5 heterocycles. The van der Waals surface area contributed by atoms with Crippen molar-refractivity contribution < 1.29 is 9.59 Å². The zero-order valence-corrected chi connectivity index (χ0v) is 25.6. The number of carbonyl (C=O) groups is 2. The van der Waals surface area contributed by atoms with Gasteiger partial charge in [0.2, 0.25) is 5.95 Å². The third kappa shape index (κ3) is 5.16. The van der Waals surface area contributed by atoms with Crippen molar-refractivity contribution >= 4 is 44.4 Å². The van der Waals surface area contributed by atoms with E-state index >= 15 is 0 Å². The number of thiazole rings is 1. The number of fused-ring (bicyclic) bond motifs is 4. The van der Waals surface area contributed by atoms with Gasteiger partial charge in [-0.2, -0.15) is 5.10 Å². The van der Waals surface area contributed by atoms with Gasteiger partial charge in [0.05, 0.1) is 21.6 Å². The molecule has 0 unspecified atom stereocenters. The fraction of sp³-hybridized carbons (Fsp3) is 0.484. The molecule has 2 fully saturated rings. The van der Waals surface area contributed by atoms with Crippen molar-refractivity contribution in [2.24, 2.45) is 5.92 Å². The highest BCUT2D eigenvalue weighted by Crippen LogP contribution is 2.43. The second-order valence-electron chi connectivity index (χ2n) is 12.9. The molecule has 224 valence electrons. The average molecular weight is 600 g/mol. The summed E-state index contributed by atoms with van der Waals surface area (Å²) in [4.78, 5) is 44.7. The Balaban J connectivity index is 1.05. The number of likely N-dealkylation sites (tertiary alicyclic amines) is 2. The third-order valence-corrected chi connectivity index (χ3v) is 10.3. The molecule has 3 aliphatic rings. The molecule has 0 bridgehead atoms. The lowest BCUT2D eigenvalue weighted by atomic mass is 9.73. The minimum Gasteiger partial charge on any atom is -0.368 e. The summed E-state index contributed by atoms with van der Waals surface area (Å²) in [6, 6.07) is 6.17. The van der Waals surface area contributed by atoms with Crippen LogP contribution in [0.2, 0.25) is 0 Å². The van der Waals surface area contributed by atoms with Crippen LogP contribution < -0.4 is 11.1 Å². The number of anilines is 2. The number of H-pyrrole nitrogens is 1. The van der Waals surface area contributed by atoms with Crippen LogP contribution in [-0.4, -0.2) is 79.0 Å². The molecule has 0 spiro atoms. The molecule has 7 rings (SSSR count). The number of benzene rings is 1. The molecule has 0 saturated carbocycles. The normalized spacial score (nSPS) is 19.3. The van der Waals surface area contributed by atoms with Gasteiger partial charge in [0.25, 0.3) is 11.8 Å². The van der Waals surface area contributed by atoms with Crippen LogP contribution in [0.4, 0.5) is 11.1 Å². The van der Waals surface area contributed by atoms with Crippen molar-refractivity contribution in [2.75, 3.05) is 37.2 Å². The van der Waals surface area contributed by atoms with Crippen molar-refractivity contribution in [3.63, 3.8) is 0 Å². The maximum Gasteiger partial charge on any atom is 0.278 e. The standard InChI is InChI=1S/C31H37N9O2S/c1-17-6-10-39(11-7-17)20-8-12-40(13-9-20)28(42)18-4-5-21-22(14-18)43-30(34-21)36-27(41)26-23-25(37-38-26)24-19(15-31(23,2)3)16-33-29(32)35-24/h4-5,14,16-17,20H,6-13,15H2,1-3H3,(H,37,38)(H2,32,33,35)(H,34,36,41). The molecule has 2 aliphatic heterocycles. The SMILES string of the molecule is CC1CCN(C2CCN(C(=O)c3ccc4nc(NC(=O)c5n[nH]c6c5C(C)(C)Cc5cnc(N)nc5-6)sc4c3)CC2)CC1. The lowest BCUT2D eigenvalue weighted by molar-refractivity contribution is 0.0560. The number of carbonyl (C=O) groups excluding carboxylic acids is 2. The molecule has 0 atom stereocenters. The fourth-order valence-corrected chi connectivity index (χ4v) is 7.85. The molecule has 1 aliphatic carbocycles. The fourth-order valence-electron chi connectivity index (χ4n) is 6.95. The van der Waals surface area contributed by atoms with Gasteiger partial charge in [-0.15, -0.1) is 0 Å². The summed E-state index contributed by atoms with van der Waals surface area (Å²) in [6.07, 6.45) is 7.00. The largest absolute Gasteiger partial charge is 0.368 e. The van der Waals surface area contributed by atoms with E-state index in [0.717, 1.165) is 53.2 Å². The first kappa shape index (κ1) is 27.9. The van der Waals surface area contributed by atoms with Gasteiger partial charge in [-0.3, -0.25) is 20.0 Å². The number of nitrogens with zero attached hydrogens (tertiary/aromatic N) is 6. The molecule has 43 heavy (non-hydrogen) atoms. The second kappa shape index (κ2) is 10.7. The van der Waals surface area contributed by atoms with Crippen LogP contribution in [0.5, 0.6) is 0 Å². The Kier molecular flexibility index (Phi) is 6.93. The number of hydrogen-bond donors (Lipinski definition) is 3. The molecule has 0 radical (unpaired) electrons. The number of piperidine rings is 2. The van der Waals surface area contributed by atoms with E-state index in [-0.39, 0.29) is 23.2 Å². The Hall–Kier alpha value is -3.90. The summed E-state index contributed by atoms with van der Waals surface area (Å²) in [5.74, 6) is 0.707. The highest BCUT2D eigenvalue weighted by molar-refractivity contribution is 7.22. The first-order valence-electron chi connectivity index (χ1n) is 15.1. The van der Waals surface area contributed by atoms with Crippen molar-refractivity contribution in [3.05, 3.63) is 46.8 Å². The average Bonchev–Trinajstić information content (AvgIpc) is 3.63. The monoisotopic (exact) mass is 599 g/mol. The Morgan fingerprint density at radius 2 is 1.86 bits per heavy atom. The smallest absolute Gasteiger partial charge is 0.278 e. The van der Waals surface area contributed by atoms with Gasteiger partial charge in [-0.05, 0) is 80.3 Å². The Morgan fingerprint density at radius 3 is 2.63 bits per heavy atom. The number of aromatic amines is 1. The van der Waals surface area contributed by atoms with Crippen LogP contribution in [0, 0.1) is 5.92 Å². The second-order valence-corrected chi connectivity index (χ2v) is 13.9. The van der Waals surface area contributed by atoms with Crippen molar-refractivity contribution in [3.8, 4) is 11.4 Å². The number of amides is 2. The van der Waals surface area contributed by atoms with Crippen LogP contribution in [0.25, 0.3) is 21.6 Å². The summed E-state index contributed by atoms with van der Waals surface area (Å²) in [7, 11) is 0. The predicted octanol–water partition coefficient (Wildman–Crippen LogP) is 4.48. The number of nitrogens with one attached hydrogen (secondary N) is 2. The molecule has 1 aromatic carbocycles. The van der Waals surface area contributed by atoms with Crippen LogP contribution in [0.3, 0.4) is 0 Å². The number of hydrogen-bond acceptors (Lipinski definition) is 9. The molecule has 4 N–H and O–H groups in total. The lowest BCUT2D eigenvalue weighted by Gasteiger charge is -2.41. The van der Waals surface area contributed by atoms with E-state index in [1.165, 1.54) is 37.3 Å². The number of nitrogens with two attached hydrogens (primary N) is 1. The van der Waals surface area contributed by atoms with Gasteiger partial charge in [0.1, 0.15) is 0 Å². The van der Waals surface area contributed by atoms with Crippen LogP contribution in [0.1, 0.15) is 78.4 Å². The summed E-state index contributed by atoms with van der Waals surface area (Å²) < 4.78 is 0.851. The first-order chi connectivity index (χ1) is 20.7. The number of aromatic nitrogens is 5. The van der Waals surface area contributed by atoms with E-state index in [1.54, 1.807) is 6.20 Å². The first-order valence-corrected chi connectivity index (χ1v) is 15.9. The maximum atomic E-state index is 13.5. The number of nitrogen functional groups attached to an aromatic ring is 1. The number of rotatable bonds is 4. The molecule has 3 aromatic heterocycles. The van der Waals surface area contributed by atoms with Crippen molar-refractivity contribution in [2.45, 2.75) is 64.3 Å². The predicted molar refractivity (Wildman–Crippen MR) is 167 cm³/mol. The summed E-state index contributed by atoms with van der Waals surface area (Å²) in [5.41, 5.74) is 10.3. The zero-order chi connectivity index (χ0) is 29.9. The minimum atomic E-state index is -0.370. The summed E-state index contributed by atoms with van der Waals surface area (Å²) in [5, 5.41) is 10.8. The van der Waals surface area contributed by atoms with Gasteiger partial charge >= 0.3 is 0 Å². The van der Waals surface area contributed by atoms with E-state index < -0.39 is 0 Å². The molecule has 11 nitrogen and oxygen atoms in total. The van der Waals surface area contributed by atoms with E-state index in [1.807, 2.05) is 23.1 Å². The van der Waals surface area contributed by atoms with Crippen LogP contribution >= 0.6 is 11.3 Å². The van der Waals surface area contributed by atoms with Crippen molar-refractivity contribution in [1.29, 1.82) is 0 Å². The van der Waals surface area contributed by atoms with Crippen LogP contribution in [0.15, 0.2) is 24.4 Å². The quantitative estimate of drug-likeness (QED) is 0.311. The highest BCUT2D eigenvalue weighted by Gasteiger charge is 2.39. The topological polar surface area (TPSA) is 146 Å². The Morgan fingerprint density at radius 1 is 1.09 bits per heavy atom. The van der Waals surface area contributed by atoms with Crippen LogP contribution in [-0.2, 0) is 11.8 Å². The van der Waals surface area contributed by atoms with E-state index in [2.05, 4.69) is 56.1 Å². The molecule has 2 amide bonds. The van der Waals surface area contributed by atoms with Gasteiger partial charge in [-0.1, -0.05) is 32.1 Å². The van der Waals surface area contributed by atoms with Gasteiger partial charge in [0, 0.05) is 36.5 Å². The minimum absolute atomic E-state index is 0.0571. The molecule has 12 heteroatoms. The molecule has 2 saturated heterocycles. The maximum absolute atomic E-state index is 13.5. The van der Waals surface area contributed by atoms with Crippen molar-refractivity contribution in [1.82, 2.24) is 34.9 Å². The highest BCUT2D eigenvalue weighted by atomic mass is 32.1. The van der Waals surface area contributed by atoms with Gasteiger partial charge < -0.3 is 15.5 Å². The van der Waals surface area contributed by atoms with E-state index in [9.17, 15) is 9.59 Å². The third-order valence-electron chi connectivity index (χ3n) is 9.35. The van der Waals surface area contributed by atoms with Gasteiger partial charge in [0.15, 0.2) is 10.8 Å². The van der Waals surface area contributed by atoms with Gasteiger partial charge in [-0.25, -0.2) is 15.0 Å². The summed E-state index contributed by atoms with van der Waals surface area (Å²) >= 11 is 1.35. The molecular weight excluding hydrogens is 562 g/mol. The Bertz CT molecular complexity index is 1710. The Labute approximate surface area is 254 Å². The summed E-state index contributed by atoms with van der Waals surface area (Å²) in [6.45, 7) is 10.4. The molecular formula is C31H37N9O2S.